The average Bonchev–Trinajstić information content (AvgIpc) is 2.93. The van der Waals surface area contributed by atoms with Gasteiger partial charge >= 0.3 is 0 Å². The molecule has 1 heterocycles. The Labute approximate surface area is 130 Å². The first kappa shape index (κ1) is 15.2. The largest absolute Gasteiger partial charge is 0.493 e. The van der Waals surface area contributed by atoms with Crippen molar-refractivity contribution in [3.8, 4) is 5.75 Å². The van der Waals surface area contributed by atoms with Gasteiger partial charge in [-0.1, -0.05) is 11.6 Å². The SMILES string of the molecule is O=C(CSCCOc1ccc(Cl)cc1)Nc1nccs1. The zero-order chi connectivity index (χ0) is 14.2. The predicted octanol–water partition coefficient (Wildman–Crippen LogP) is 3.55. The predicted molar refractivity (Wildman–Crippen MR) is 85.0 cm³/mol. The summed E-state index contributed by atoms with van der Waals surface area (Å²) in [5, 5.41) is 5.87. The molecule has 0 atom stereocenters. The lowest BCUT2D eigenvalue weighted by Crippen LogP contribution is -2.14. The van der Waals surface area contributed by atoms with E-state index in [1.807, 2.05) is 17.5 Å². The molecule has 2 rings (SSSR count). The molecule has 1 aromatic heterocycles. The number of nitrogens with one attached hydrogen (secondary N) is 1. The van der Waals surface area contributed by atoms with Gasteiger partial charge in [0.2, 0.25) is 5.91 Å². The molecule has 0 bridgehead atoms. The first-order valence-corrected chi connectivity index (χ1v) is 8.31. The third-order valence-electron chi connectivity index (χ3n) is 2.22. The number of ether oxygens (including phenoxy) is 1. The number of carbonyl (C=O) groups is 1. The number of hydrogen-bond donors (Lipinski definition) is 1. The van der Waals surface area contributed by atoms with Crippen LogP contribution in [0.4, 0.5) is 5.13 Å². The second-order valence-corrected chi connectivity index (χ2v) is 6.18. The molecule has 0 aliphatic carbocycles. The van der Waals surface area contributed by atoms with Gasteiger partial charge in [0.15, 0.2) is 5.13 Å². The van der Waals surface area contributed by atoms with Gasteiger partial charge in [-0.25, -0.2) is 4.98 Å². The summed E-state index contributed by atoms with van der Waals surface area (Å²) < 4.78 is 5.53. The Hall–Kier alpha value is -1.24. The number of amides is 1. The van der Waals surface area contributed by atoms with E-state index >= 15 is 0 Å². The minimum atomic E-state index is -0.0450. The minimum absolute atomic E-state index is 0.0450. The number of carbonyl (C=O) groups excluding carboxylic acids is 1. The number of hydrogen-bond acceptors (Lipinski definition) is 5. The maximum atomic E-state index is 11.6. The van der Waals surface area contributed by atoms with Crippen LogP contribution in [0.15, 0.2) is 35.8 Å². The van der Waals surface area contributed by atoms with Crippen molar-refractivity contribution in [2.75, 3.05) is 23.4 Å². The second kappa shape index (κ2) is 8.14. The summed E-state index contributed by atoms with van der Waals surface area (Å²) in [4.78, 5) is 15.5. The molecular formula is C13H13ClN2O2S2. The molecule has 0 unspecified atom stereocenters. The van der Waals surface area contributed by atoms with Gasteiger partial charge in [-0.15, -0.1) is 23.1 Å². The van der Waals surface area contributed by atoms with Crippen molar-refractivity contribution >= 4 is 45.7 Å². The van der Waals surface area contributed by atoms with Gasteiger partial charge in [-0.2, -0.15) is 0 Å². The first-order chi connectivity index (χ1) is 9.74. The van der Waals surface area contributed by atoms with Crippen LogP contribution >= 0.6 is 34.7 Å². The van der Waals surface area contributed by atoms with Crippen LogP contribution in [-0.2, 0) is 4.79 Å². The highest BCUT2D eigenvalue weighted by molar-refractivity contribution is 7.99. The number of thioether (sulfide) groups is 1. The summed E-state index contributed by atoms with van der Waals surface area (Å²) in [5.74, 6) is 1.87. The van der Waals surface area contributed by atoms with Crippen LogP contribution in [0.1, 0.15) is 0 Å². The van der Waals surface area contributed by atoms with Crippen molar-refractivity contribution in [2.24, 2.45) is 0 Å². The van der Waals surface area contributed by atoms with Crippen LogP contribution in [0, 0.1) is 0 Å². The molecule has 106 valence electrons. The highest BCUT2D eigenvalue weighted by Crippen LogP contribution is 2.16. The lowest BCUT2D eigenvalue weighted by atomic mass is 10.3. The number of aromatic nitrogens is 1. The lowest BCUT2D eigenvalue weighted by Gasteiger charge is -2.06. The number of halogens is 1. The molecule has 0 radical (unpaired) electrons. The normalized spacial score (nSPS) is 10.2. The Kier molecular flexibility index (Phi) is 6.17. The molecule has 0 saturated heterocycles. The highest BCUT2D eigenvalue weighted by Gasteiger charge is 2.04. The number of nitrogens with zero attached hydrogens (tertiary/aromatic N) is 1. The van der Waals surface area contributed by atoms with Crippen LogP contribution in [0.2, 0.25) is 5.02 Å². The Morgan fingerprint density at radius 1 is 1.40 bits per heavy atom. The number of thiazole rings is 1. The van der Waals surface area contributed by atoms with E-state index in [2.05, 4.69) is 10.3 Å². The van der Waals surface area contributed by atoms with Gasteiger partial charge in [0.25, 0.3) is 0 Å². The van der Waals surface area contributed by atoms with Crippen molar-refractivity contribution in [3.63, 3.8) is 0 Å². The fraction of sp³-hybridized carbons (Fsp3) is 0.231. The summed E-state index contributed by atoms with van der Waals surface area (Å²) in [7, 11) is 0. The summed E-state index contributed by atoms with van der Waals surface area (Å²) in [5.41, 5.74) is 0. The smallest absolute Gasteiger partial charge is 0.236 e. The van der Waals surface area contributed by atoms with E-state index in [1.54, 1.807) is 18.3 Å². The third-order valence-corrected chi connectivity index (χ3v) is 4.08. The third kappa shape index (κ3) is 5.40. The monoisotopic (exact) mass is 328 g/mol. The van der Waals surface area contributed by atoms with Gasteiger partial charge in [0, 0.05) is 22.4 Å². The molecule has 0 saturated carbocycles. The fourth-order valence-corrected chi connectivity index (χ4v) is 2.63. The van der Waals surface area contributed by atoms with E-state index < -0.39 is 0 Å². The Balaban J connectivity index is 1.57. The van der Waals surface area contributed by atoms with Gasteiger partial charge in [-0.05, 0) is 24.3 Å². The standard InChI is InChI=1S/C13H13ClN2O2S2/c14-10-1-3-11(4-2-10)18-6-8-19-9-12(17)16-13-15-5-7-20-13/h1-5,7H,6,8-9H2,(H,15,16,17). The molecule has 0 aliphatic heterocycles. The molecular weight excluding hydrogens is 316 g/mol. The molecule has 1 aromatic carbocycles. The number of rotatable bonds is 7. The van der Waals surface area contributed by atoms with Crippen LogP contribution in [0.3, 0.4) is 0 Å². The topological polar surface area (TPSA) is 51.2 Å². The average molecular weight is 329 g/mol. The van der Waals surface area contributed by atoms with Crippen molar-refractivity contribution < 1.29 is 9.53 Å². The van der Waals surface area contributed by atoms with Gasteiger partial charge in [-0.3, -0.25) is 4.79 Å². The van der Waals surface area contributed by atoms with Crippen LogP contribution in [0.5, 0.6) is 5.75 Å². The van der Waals surface area contributed by atoms with Crippen molar-refractivity contribution in [2.45, 2.75) is 0 Å². The van der Waals surface area contributed by atoms with E-state index in [4.69, 9.17) is 16.3 Å². The number of anilines is 1. The zero-order valence-corrected chi connectivity index (χ0v) is 12.9. The first-order valence-electron chi connectivity index (χ1n) is 5.89. The van der Waals surface area contributed by atoms with E-state index in [1.165, 1.54) is 23.1 Å². The molecule has 7 heteroatoms. The molecule has 1 amide bonds. The molecule has 0 fully saturated rings. The maximum Gasteiger partial charge on any atom is 0.236 e. The lowest BCUT2D eigenvalue weighted by molar-refractivity contribution is -0.113. The van der Waals surface area contributed by atoms with Gasteiger partial charge < -0.3 is 10.1 Å². The van der Waals surface area contributed by atoms with Crippen LogP contribution in [-0.4, -0.2) is 29.0 Å². The van der Waals surface area contributed by atoms with Crippen molar-refractivity contribution in [3.05, 3.63) is 40.9 Å². The molecule has 1 N–H and O–H groups in total. The number of benzene rings is 1. The fourth-order valence-electron chi connectivity index (χ4n) is 1.35. The quantitative estimate of drug-likeness (QED) is 0.790. The van der Waals surface area contributed by atoms with Crippen LogP contribution < -0.4 is 10.1 Å². The van der Waals surface area contributed by atoms with E-state index in [0.717, 1.165) is 11.5 Å². The van der Waals surface area contributed by atoms with Crippen molar-refractivity contribution in [1.29, 1.82) is 0 Å². The summed E-state index contributed by atoms with van der Waals surface area (Å²) in [6.45, 7) is 0.552. The van der Waals surface area contributed by atoms with E-state index in [9.17, 15) is 4.79 Å². The maximum absolute atomic E-state index is 11.6. The summed E-state index contributed by atoms with van der Waals surface area (Å²) in [6, 6.07) is 7.21. The molecule has 4 nitrogen and oxygen atoms in total. The summed E-state index contributed by atoms with van der Waals surface area (Å²) >= 11 is 8.71. The van der Waals surface area contributed by atoms with Gasteiger partial charge in [0.1, 0.15) is 5.75 Å². The van der Waals surface area contributed by atoms with Crippen LogP contribution in [0.25, 0.3) is 0 Å². The Morgan fingerprint density at radius 2 is 2.20 bits per heavy atom. The molecule has 0 spiro atoms. The van der Waals surface area contributed by atoms with Gasteiger partial charge in [0.05, 0.1) is 12.4 Å². The minimum Gasteiger partial charge on any atom is -0.493 e. The zero-order valence-electron chi connectivity index (χ0n) is 10.5. The molecule has 0 aliphatic rings. The Morgan fingerprint density at radius 3 is 2.90 bits per heavy atom. The summed E-state index contributed by atoms with van der Waals surface area (Å²) in [6.07, 6.45) is 1.66. The van der Waals surface area contributed by atoms with Crippen molar-refractivity contribution in [1.82, 2.24) is 4.98 Å². The molecule has 20 heavy (non-hydrogen) atoms. The highest BCUT2D eigenvalue weighted by atomic mass is 35.5. The second-order valence-electron chi connectivity index (χ2n) is 3.74. The van der Waals surface area contributed by atoms with E-state index in [-0.39, 0.29) is 5.91 Å². The Bertz CT molecular complexity index is 532. The molecule has 2 aromatic rings. The van der Waals surface area contributed by atoms with E-state index in [0.29, 0.717) is 22.5 Å².